The first kappa shape index (κ1) is 12.9. The molecular weight excluding hydrogens is 300 g/mol. The van der Waals surface area contributed by atoms with Crippen LogP contribution in [0.5, 0.6) is 0 Å². The van der Waals surface area contributed by atoms with E-state index in [0.29, 0.717) is 6.04 Å². The Morgan fingerprint density at radius 2 is 1.89 bits per heavy atom. The van der Waals surface area contributed by atoms with Gasteiger partial charge in [0.15, 0.2) is 0 Å². The molecule has 19 heavy (non-hydrogen) atoms. The second kappa shape index (κ2) is 5.45. The van der Waals surface area contributed by atoms with Gasteiger partial charge in [-0.15, -0.1) is 0 Å². The molecule has 2 aromatic rings. The lowest BCUT2D eigenvalue weighted by Crippen LogP contribution is -2.19. The molecule has 2 atom stereocenters. The van der Waals surface area contributed by atoms with Crippen molar-refractivity contribution in [1.29, 1.82) is 0 Å². The van der Waals surface area contributed by atoms with Crippen molar-refractivity contribution >= 4 is 15.9 Å². The Morgan fingerprint density at radius 3 is 2.68 bits per heavy atom. The third kappa shape index (κ3) is 2.73. The fourth-order valence-corrected chi connectivity index (χ4v) is 3.20. The van der Waals surface area contributed by atoms with Crippen molar-refractivity contribution in [3.8, 4) is 0 Å². The Hall–Kier alpha value is -1.16. The molecule has 3 heteroatoms. The fraction of sp³-hybridized carbons (Fsp3) is 0.250. The lowest BCUT2D eigenvalue weighted by Gasteiger charge is -2.14. The van der Waals surface area contributed by atoms with E-state index in [1.165, 1.54) is 16.7 Å². The maximum atomic E-state index is 6.18. The average molecular weight is 317 g/mol. The summed E-state index contributed by atoms with van der Waals surface area (Å²) in [7, 11) is 0. The van der Waals surface area contributed by atoms with Gasteiger partial charge in [-0.25, -0.2) is 0 Å². The zero-order valence-corrected chi connectivity index (χ0v) is 12.2. The molecular formula is C16H17BrN2. The predicted octanol–water partition coefficient (Wildman–Crippen LogP) is 3.68. The molecule has 2 aromatic carbocycles. The number of halogens is 1. The summed E-state index contributed by atoms with van der Waals surface area (Å²) in [5.74, 6) is 0. The number of rotatable bonds is 3. The minimum absolute atomic E-state index is 0.163. The summed E-state index contributed by atoms with van der Waals surface area (Å²) in [6, 6.07) is 17.4. The van der Waals surface area contributed by atoms with E-state index >= 15 is 0 Å². The molecule has 0 saturated heterocycles. The Bertz CT molecular complexity index is 582. The van der Waals surface area contributed by atoms with E-state index in [0.717, 1.165) is 17.4 Å². The third-order valence-electron chi connectivity index (χ3n) is 3.70. The molecule has 0 saturated carbocycles. The molecule has 0 bridgehead atoms. The molecule has 0 fully saturated rings. The molecule has 2 unspecified atom stereocenters. The van der Waals surface area contributed by atoms with Gasteiger partial charge in [0.05, 0.1) is 0 Å². The zero-order valence-electron chi connectivity index (χ0n) is 10.6. The van der Waals surface area contributed by atoms with E-state index in [1.807, 2.05) is 6.07 Å². The highest BCUT2D eigenvalue weighted by Gasteiger charge is 2.27. The molecule has 0 spiro atoms. The minimum Gasteiger partial charge on any atom is -0.324 e. The highest BCUT2D eigenvalue weighted by Crippen LogP contribution is 2.37. The zero-order chi connectivity index (χ0) is 13.2. The van der Waals surface area contributed by atoms with Crippen LogP contribution in [-0.4, -0.2) is 0 Å². The standard InChI is InChI=1S/C16H17BrN2/c17-12-5-3-4-11(8-12)10-19-16-9-15(18)13-6-1-2-7-14(13)16/h1-8,15-16,19H,9-10,18H2. The Morgan fingerprint density at radius 1 is 1.11 bits per heavy atom. The molecule has 3 N–H and O–H groups in total. The predicted molar refractivity (Wildman–Crippen MR) is 81.7 cm³/mol. The minimum atomic E-state index is 0.163. The molecule has 0 aromatic heterocycles. The number of benzene rings is 2. The maximum absolute atomic E-state index is 6.18. The normalized spacial score (nSPS) is 21.4. The third-order valence-corrected chi connectivity index (χ3v) is 4.20. The molecule has 3 rings (SSSR count). The molecule has 0 heterocycles. The smallest absolute Gasteiger partial charge is 0.0344 e. The summed E-state index contributed by atoms with van der Waals surface area (Å²) < 4.78 is 1.12. The number of fused-ring (bicyclic) bond motifs is 1. The molecule has 1 aliphatic carbocycles. The lowest BCUT2D eigenvalue weighted by atomic mass is 10.1. The van der Waals surface area contributed by atoms with E-state index in [1.54, 1.807) is 0 Å². The van der Waals surface area contributed by atoms with E-state index in [9.17, 15) is 0 Å². The van der Waals surface area contributed by atoms with Gasteiger partial charge in [0.25, 0.3) is 0 Å². The fourth-order valence-electron chi connectivity index (χ4n) is 2.76. The van der Waals surface area contributed by atoms with Crippen LogP contribution in [-0.2, 0) is 6.54 Å². The van der Waals surface area contributed by atoms with Gasteiger partial charge in [-0.05, 0) is 35.2 Å². The van der Waals surface area contributed by atoms with Gasteiger partial charge < -0.3 is 11.1 Å². The highest BCUT2D eigenvalue weighted by atomic mass is 79.9. The summed E-state index contributed by atoms with van der Waals surface area (Å²) in [6.45, 7) is 0.866. The van der Waals surface area contributed by atoms with Crippen LogP contribution in [0, 0.1) is 0 Å². The molecule has 1 aliphatic rings. The molecule has 0 amide bonds. The van der Waals surface area contributed by atoms with Crippen LogP contribution in [0.2, 0.25) is 0 Å². The largest absolute Gasteiger partial charge is 0.324 e. The summed E-state index contributed by atoms with van der Waals surface area (Å²) in [4.78, 5) is 0. The summed E-state index contributed by atoms with van der Waals surface area (Å²) in [5.41, 5.74) is 10.1. The van der Waals surface area contributed by atoms with Crippen LogP contribution < -0.4 is 11.1 Å². The second-order valence-electron chi connectivity index (χ2n) is 5.03. The Balaban J connectivity index is 1.72. The molecule has 0 radical (unpaired) electrons. The van der Waals surface area contributed by atoms with Crippen molar-refractivity contribution in [2.24, 2.45) is 5.73 Å². The van der Waals surface area contributed by atoms with Crippen LogP contribution in [0.25, 0.3) is 0 Å². The highest BCUT2D eigenvalue weighted by molar-refractivity contribution is 9.10. The number of nitrogens with two attached hydrogens (primary N) is 1. The first-order chi connectivity index (χ1) is 9.24. The molecule has 2 nitrogen and oxygen atoms in total. The molecule has 0 aliphatic heterocycles. The SMILES string of the molecule is NC1CC(NCc2cccc(Br)c2)c2ccccc21. The van der Waals surface area contributed by atoms with Gasteiger partial charge in [0, 0.05) is 23.1 Å². The van der Waals surface area contributed by atoms with Crippen molar-refractivity contribution in [1.82, 2.24) is 5.32 Å². The van der Waals surface area contributed by atoms with Gasteiger partial charge in [-0.3, -0.25) is 0 Å². The van der Waals surface area contributed by atoms with Crippen LogP contribution in [0.1, 0.15) is 35.2 Å². The van der Waals surface area contributed by atoms with Gasteiger partial charge in [0.1, 0.15) is 0 Å². The van der Waals surface area contributed by atoms with E-state index in [-0.39, 0.29) is 6.04 Å². The van der Waals surface area contributed by atoms with E-state index < -0.39 is 0 Å². The van der Waals surface area contributed by atoms with Gasteiger partial charge in [-0.2, -0.15) is 0 Å². The number of nitrogens with one attached hydrogen (secondary N) is 1. The van der Waals surface area contributed by atoms with E-state index in [2.05, 4.69) is 63.7 Å². The van der Waals surface area contributed by atoms with Crippen molar-refractivity contribution in [3.05, 3.63) is 69.7 Å². The maximum Gasteiger partial charge on any atom is 0.0344 e. The van der Waals surface area contributed by atoms with Crippen molar-refractivity contribution < 1.29 is 0 Å². The first-order valence-corrected chi connectivity index (χ1v) is 7.35. The number of hydrogen-bond acceptors (Lipinski definition) is 2. The average Bonchev–Trinajstić information content (AvgIpc) is 2.74. The summed E-state index contributed by atoms with van der Waals surface area (Å²) in [5, 5.41) is 3.61. The van der Waals surface area contributed by atoms with Crippen LogP contribution in [0.4, 0.5) is 0 Å². The Labute approximate surface area is 122 Å². The van der Waals surface area contributed by atoms with E-state index in [4.69, 9.17) is 5.73 Å². The van der Waals surface area contributed by atoms with Gasteiger partial charge in [0.2, 0.25) is 0 Å². The van der Waals surface area contributed by atoms with Crippen molar-refractivity contribution in [2.75, 3.05) is 0 Å². The topological polar surface area (TPSA) is 38.0 Å². The number of hydrogen-bond donors (Lipinski definition) is 2. The van der Waals surface area contributed by atoms with Crippen molar-refractivity contribution in [2.45, 2.75) is 25.0 Å². The lowest BCUT2D eigenvalue weighted by molar-refractivity contribution is 0.498. The summed E-state index contributed by atoms with van der Waals surface area (Å²) >= 11 is 3.50. The van der Waals surface area contributed by atoms with Crippen LogP contribution >= 0.6 is 15.9 Å². The van der Waals surface area contributed by atoms with Gasteiger partial charge >= 0.3 is 0 Å². The first-order valence-electron chi connectivity index (χ1n) is 6.56. The Kier molecular flexibility index (Phi) is 3.69. The van der Waals surface area contributed by atoms with Gasteiger partial charge in [-0.1, -0.05) is 52.3 Å². The summed E-state index contributed by atoms with van der Waals surface area (Å²) in [6.07, 6.45) is 0.980. The second-order valence-corrected chi connectivity index (χ2v) is 5.95. The molecule has 98 valence electrons. The quantitative estimate of drug-likeness (QED) is 0.906. The monoisotopic (exact) mass is 316 g/mol. The van der Waals surface area contributed by atoms with Crippen LogP contribution in [0.15, 0.2) is 53.0 Å². The van der Waals surface area contributed by atoms with Crippen molar-refractivity contribution in [3.63, 3.8) is 0 Å². The van der Waals surface area contributed by atoms with Crippen LogP contribution in [0.3, 0.4) is 0 Å².